The summed E-state index contributed by atoms with van der Waals surface area (Å²) >= 11 is 0. The highest BCUT2D eigenvalue weighted by molar-refractivity contribution is 6.32. The van der Waals surface area contributed by atoms with Crippen molar-refractivity contribution in [1.82, 2.24) is 10.2 Å². The molecule has 0 spiro atoms. The Bertz CT molecular complexity index is 2190. The lowest BCUT2D eigenvalue weighted by Gasteiger charge is -2.39. The summed E-state index contributed by atoms with van der Waals surface area (Å²) in [4.78, 5) is 87.0. The summed E-state index contributed by atoms with van der Waals surface area (Å²) in [7, 11) is 1.42. The molecule has 1 saturated heterocycles. The van der Waals surface area contributed by atoms with Gasteiger partial charge in [0.2, 0.25) is 11.6 Å². The molecule has 3 N–H and O–H groups in total. The second kappa shape index (κ2) is 19.1. The zero-order valence-corrected chi connectivity index (χ0v) is 39.3. The van der Waals surface area contributed by atoms with E-state index < -0.39 is 112 Å². The fraction of sp³-hybridized carbons (Fsp3) is 0.583. The van der Waals surface area contributed by atoms with Crippen molar-refractivity contribution in [2.24, 2.45) is 29.1 Å². The van der Waals surface area contributed by atoms with Gasteiger partial charge < -0.3 is 48.9 Å². The zero-order chi connectivity index (χ0) is 47.9. The third kappa shape index (κ3) is 9.75. The summed E-state index contributed by atoms with van der Waals surface area (Å²) in [5.74, 6) is -9.82. The van der Waals surface area contributed by atoms with Crippen LogP contribution >= 0.6 is 0 Å². The number of methoxy groups -OCH3 is 1. The number of esters is 2. The molecule has 4 heterocycles. The van der Waals surface area contributed by atoms with Crippen LogP contribution in [-0.4, -0.2) is 113 Å². The van der Waals surface area contributed by atoms with Crippen molar-refractivity contribution < 1.29 is 67.4 Å². The van der Waals surface area contributed by atoms with Gasteiger partial charge in [0.15, 0.2) is 0 Å². The molecular weight excluding hydrogens is 829 g/mol. The van der Waals surface area contributed by atoms with E-state index in [1.165, 1.54) is 53.2 Å². The predicted molar refractivity (Wildman–Crippen MR) is 233 cm³/mol. The average molecular weight is 893 g/mol. The van der Waals surface area contributed by atoms with E-state index in [-0.39, 0.29) is 58.2 Å². The number of nitrogens with zero attached hydrogens (tertiary/aromatic N) is 1. The van der Waals surface area contributed by atoms with Crippen molar-refractivity contribution in [3.05, 3.63) is 69.8 Å². The number of carbonyl (C=O) groups excluding carboxylic acids is 6. The summed E-state index contributed by atoms with van der Waals surface area (Å²) in [6.07, 6.45) is 2.53. The number of hydrogen-bond donors (Lipinski definition) is 3. The van der Waals surface area contributed by atoms with Gasteiger partial charge in [0, 0.05) is 68.9 Å². The Labute approximate surface area is 375 Å². The van der Waals surface area contributed by atoms with Gasteiger partial charge in [-0.1, -0.05) is 45.9 Å². The number of amides is 1. The number of aliphatic hydroxyl groups is 2. The van der Waals surface area contributed by atoms with Crippen molar-refractivity contribution in [2.75, 3.05) is 20.2 Å². The Morgan fingerprint density at radius 1 is 0.875 bits per heavy atom. The molecule has 16 nitrogen and oxygen atoms in total. The molecule has 0 unspecified atom stereocenters. The SMILES string of the molecule is CO[C@H]1/C=C/O[C@@]2(C)Oc3c(C)c(OC(=O)C(C)(C)C)c4c(c3C2=O)C(=O)C(N2C[C@H](C)O[C@@H](C)C2)=C(NC(=O)/C(C)=C\C=C\[C@H](C)[C@H](O)[C@@H](C)[C@H](O)[C@H](C)[C@H](OC(C)=O)[C@@H]1C)C4=O. The number of morpholine rings is 1. The van der Waals surface area contributed by atoms with Crippen LogP contribution in [0.25, 0.3) is 0 Å². The third-order valence-electron chi connectivity index (χ3n) is 12.5. The summed E-state index contributed by atoms with van der Waals surface area (Å²) < 4.78 is 35.9. The van der Waals surface area contributed by atoms with E-state index in [1.807, 2.05) is 0 Å². The number of fused-ring (bicyclic) bond motifs is 14. The van der Waals surface area contributed by atoms with E-state index in [4.69, 9.17) is 28.4 Å². The maximum atomic E-state index is 15.3. The van der Waals surface area contributed by atoms with E-state index in [2.05, 4.69) is 5.32 Å². The lowest BCUT2D eigenvalue weighted by molar-refractivity contribution is -0.160. The summed E-state index contributed by atoms with van der Waals surface area (Å²) in [6.45, 7) is 21.2. The number of benzene rings is 1. The van der Waals surface area contributed by atoms with Crippen molar-refractivity contribution in [3.8, 4) is 11.5 Å². The Hall–Kier alpha value is -5.16. The first kappa shape index (κ1) is 49.8. The van der Waals surface area contributed by atoms with Crippen LogP contribution < -0.4 is 14.8 Å². The van der Waals surface area contributed by atoms with Gasteiger partial charge in [-0.25, -0.2) is 0 Å². The predicted octanol–water partition coefficient (Wildman–Crippen LogP) is 5.31. The maximum absolute atomic E-state index is 15.3. The quantitative estimate of drug-likeness (QED) is 0.258. The number of ketones is 3. The molecule has 0 aromatic heterocycles. The van der Waals surface area contributed by atoms with Gasteiger partial charge in [-0.15, -0.1) is 0 Å². The number of ether oxygens (including phenoxy) is 6. The van der Waals surface area contributed by atoms with Crippen LogP contribution in [0.1, 0.15) is 120 Å². The third-order valence-corrected chi connectivity index (χ3v) is 12.5. The molecule has 0 radical (unpaired) electrons. The maximum Gasteiger partial charge on any atom is 0.316 e. The van der Waals surface area contributed by atoms with Gasteiger partial charge in [0.25, 0.3) is 11.7 Å². The lowest BCUT2D eigenvalue weighted by Crippen LogP contribution is -2.49. The molecular formula is C48H64N2O14. The number of aliphatic hydroxyl groups excluding tert-OH is 2. The molecule has 11 atom stereocenters. The molecule has 6 rings (SSSR count). The van der Waals surface area contributed by atoms with Gasteiger partial charge in [-0.05, 0) is 54.5 Å². The molecule has 4 aliphatic heterocycles. The zero-order valence-electron chi connectivity index (χ0n) is 39.3. The van der Waals surface area contributed by atoms with Gasteiger partial charge in [0.1, 0.15) is 29.0 Å². The molecule has 1 aromatic carbocycles. The molecule has 1 aromatic rings. The van der Waals surface area contributed by atoms with Crippen LogP contribution in [0.5, 0.6) is 11.5 Å². The highest BCUT2D eigenvalue weighted by Crippen LogP contribution is 2.50. The molecule has 5 bridgehead atoms. The second-order valence-corrected chi connectivity index (χ2v) is 18.8. The summed E-state index contributed by atoms with van der Waals surface area (Å²) in [5, 5.41) is 25.7. The fourth-order valence-corrected chi connectivity index (χ4v) is 8.70. The standard InChI is InChI=1S/C48H64N2O14/c1-22-16-15-17-23(2)45(57)49-35-36(50-20-24(3)61-25(4)21-50)40(55)32-33(39(35)54)42(63-46(58)47(10,11)12)29(8)43-34(32)44(56)48(13,64-43)60-19-18-31(59-14)26(5)41(62-30(9)51)28(7)38(53)27(6)37(22)52/h15-19,22,24-28,31,37-38,41,52-53H,20-21H2,1-14H3,(H,49,57)/b16-15+,19-18+,23-17-/t22-,24-,25-,26+,27+,28-,31-,37-,38-,41+,48-/m0/s1. The highest BCUT2D eigenvalue weighted by Gasteiger charge is 2.54. The minimum Gasteiger partial charge on any atom is -0.462 e. The average Bonchev–Trinajstić information content (AvgIpc) is 3.48. The first-order valence-corrected chi connectivity index (χ1v) is 21.7. The normalized spacial score (nSPS) is 33.7. The number of rotatable bonds is 4. The number of nitrogens with one attached hydrogen (secondary N) is 1. The van der Waals surface area contributed by atoms with E-state index in [0.717, 1.165) is 0 Å². The van der Waals surface area contributed by atoms with Gasteiger partial charge in [0.05, 0.1) is 58.9 Å². The largest absolute Gasteiger partial charge is 0.462 e. The molecule has 0 saturated carbocycles. The van der Waals surface area contributed by atoms with Crippen LogP contribution in [0.15, 0.2) is 47.5 Å². The summed E-state index contributed by atoms with van der Waals surface area (Å²) in [5.41, 5.74) is -2.55. The highest BCUT2D eigenvalue weighted by atomic mass is 16.7. The molecule has 350 valence electrons. The Morgan fingerprint density at radius 2 is 1.50 bits per heavy atom. The van der Waals surface area contributed by atoms with Gasteiger partial charge >= 0.3 is 17.7 Å². The fourth-order valence-electron chi connectivity index (χ4n) is 8.70. The minimum absolute atomic E-state index is 0.0531. The van der Waals surface area contributed by atoms with Crippen molar-refractivity contribution in [2.45, 2.75) is 132 Å². The van der Waals surface area contributed by atoms with Crippen LogP contribution in [0.2, 0.25) is 0 Å². The van der Waals surface area contributed by atoms with E-state index in [0.29, 0.717) is 0 Å². The van der Waals surface area contributed by atoms with Crippen LogP contribution in [0.4, 0.5) is 0 Å². The lowest BCUT2D eigenvalue weighted by atomic mass is 9.78. The molecule has 1 amide bonds. The van der Waals surface area contributed by atoms with Gasteiger partial charge in [-0.2, -0.15) is 0 Å². The van der Waals surface area contributed by atoms with Gasteiger partial charge in [-0.3, -0.25) is 28.8 Å². The van der Waals surface area contributed by atoms with Crippen molar-refractivity contribution in [3.63, 3.8) is 0 Å². The number of allylic oxidation sites excluding steroid dienone is 4. The molecule has 1 fully saturated rings. The van der Waals surface area contributed by atoms with Crippen molar-refractivity contribution >= 4 is 35.2 Å². The molecule has 5 aliphatic rings. The smallest absolute Gasteiger partial charge is 0.316 e. The van der Waals surface area contributed by atoms with E-state index in [9.17, 15) is 29.4 Å². The Balaban J connectivity index is 1.77. The summed E-state index contributed by atoms with van der Waals surface area (Å²) in [6, 6.07) is 0. The molecule has 16 heteroatoms. The monoisotopic (exact) mass is 892 g/mol. The van der Waals surface area contributed by atoms with E-state index in [1.54, 1.807) is 79.4 Å². The molecule has 1 aliphatic carbocycles. The number of carbonyl (C=O) groups is 6. The Kier molecular flexibility index (Phi) is 14.9. The minimum atomic E-state index is -2.14. The van der Waals surface area contributed by atoms with E-state index >= 15 is 9.59 Å². The van der Waals surface area contributed by atoms with Crippen LogP contribution in [0.3, 0.4) is 0 Å². The number of hydrogen-bond acceptors (Lipinski definition) is 15. The number of Topliss-reactive ketones (excluding diaryl/α,β-unsaturated/α-hetero) is 3. The van der Waals surface area contributed by atoms with Crippen LogP contribution in [-0.2, 0) is 33.3 Å². The van der Waals surface area contributed by atoms with Crippen LogP contribution in [0, 0.1) is 36.0 Å². The second-order valence-electron chi connectivity index (χ2n) is 18.8. The topological polar surface area (TPSA) is 214 Å². The van der Waals surface area contributed by atoms with Crippen molar-refractivity contribution in [1.29, 1.82) is 0 Å². The first-order chi connectivity index (χ1) is 29.7. The molecule has 64 heavy (non-hydrogen) atoms. The Morgan fingerprint density at radius 3 is 2.08 bits per heavy atom. The first-order valence-electron chi connectivity index (χ1n) is 21.7.